The van der Waals surface area contributed by atoms with Crippen LogP contribution < -0.4 is 10.6 Å². The molecule has 1 aromatic rings. The SMILES string of the molecule is C[C@@]1(c2ccc(Cl)cc2Cl)NC(=O)N(CC(=O)NC2CCCCCCC2)C1=O. The van der Waals surface area contributed by atoms with Gasteiger partial charge >= 0.3 is 6.03 Å². The van der Waals surface area contributed by atoms with Gasteiger partial charge in [-0.15, -0.1) is 0 Å². The number of benzene rings is 1. The molecule has 1 heterocycles. The van der Waals surface area contributed by atoms with Crippen molar-refractivity contribution >= 4 is 41.0 Å². The van der Waals surface area contributed by atoms with Gasteiger partial charge in [-0.2, -0.15) is 0 Å². The average Bonchev–Trinajstić information content (AvgIpc) is 2.81. The van der Waals surface area contributed by atoms with E-state index in [1.807, 2.05) is 0 Å². The smallest absolute Gasteiger partial charge is 0.325 e. The predicted octanol–water partition coefficient (Wildman–Crippen LogP) is 3.99. The monoisotopic (exact) mass is 425 g/mol. The van der Waals surface area contributed by atoms with E-state index in [1.165, 1.54) is 25.3 Å². The Balaban J connectivity index is 1.68. The molecule has 1 saturated heterocycles. The molecule has 0 bridgehead atoms. The number of carbonyl (C=O) groups excluding carboxylic acids is 3. The first-order chi connectivity index (χ1) is 13.3. The number of amides is 4. The van der Waals surface area contributed by atoms with Crippen LogP contribution in [0, 0.1) is 0 Å². The van der Waals surface area contributed by atoms with E-state index in [4.69, 9.17) is 23.2 Å². The Kier molecular flexibility index (Phi) is 6.50. The van der Waals surface area contributed by atoms with Crippen LogP contribution in [0.1, 0.15) is 57.4 Å². The Hall–Kier alpha value is -1.79. The molecule has 2 fully saturated rings. The summed E-state index contributed by atoms with van der Waals surface area (Å²) in [6, 6.07) is 4.24. The van der Waals surface area contributed by atoms with Crippen LogP contribution in [0.15, 0.2) is 18.2 Å². The molecule has 2 aliphatic rings. The van der Waals surface area contributed by atoms with Crippen molar-refractivity contribution in [1.29, 1.82) is 0 Å². The quantitative estimate of drug-likeness (QED) is 0.715. The van der Waals surface area contributed by atoms with Gasteiger partial charge in [-0.3, -0.25) is 14.5 Å². The second-order valence-corrected chi connectivity index (χ2v) is 8.52. The Morgan fingerprint density at radius 2 is 1.82 bits per heavy atom. The van der Waals surface area contributed by atoms with E-state index >= 15 is 0 Å². The van der Waals surface area contributed by atoms with Crippen molar-refractivity contribution in [1.82, 2.24) is 15.5 Å². The van der Waals surface area contributed by atoms with E-state index < -0.39 is 17.5 Å². The van der Waals surface area contributed by atoms with Gasteiger partial charge in [0.2, 0.25) is 5.91 Å². The molecule has 1 saturated carbocycles. The van der Waals surface area contributed by atoms with E-state index in [-0.39, 0.29) is 23.5 Å². The molecule has 6 nitrogen and oxygen atoms in total. The second-order valence-electron chi connectivity index (χ2n) is 7.68. The average molecular weight is 426 g/mol. The molecule has 0 radical (unpaired) electrons. The Morgan fingerprint density at radius 1 is 1.18 bits per heavy atom. The molecule has 1 aliphatic carbocycles. The first kappa shape index (κ1) is 20.9. The fraction of sp³-hybridized carbons (Fsp3) is 0.550. The van der Waals surface area contributed by atoms with Crippen LogP contribution in [0.2, 0.25) is 10.0 Å². The molecular weight excluding hydrogens is 401 g/mol. The van der Waals surface area contributed by atoms with Crippen LogP contribution in [-0.2, 0) is 15.1 Å². The second kappa shape index (κ2) is 8.70. The number of urea groups is 1. The van der Waals surface area contributed by atoms with Crippen molar-refractivity contribution in [2.45, 2.75) is 63.5 Å². The highest BCUT2D eigenvalue weighted by Crippen LogP contribution is 2.34. The molecule has 28 heavy (non-hydrogen) atoms. The summed E-state index contributed by atoms with van der Waals surface area (Å²) in [5, 5.41) is 6.36. The number of halogens is 2. The standard InChI is InChI=1S/C20H25Cl2N3O3/c1-20(15-10-9-13(21)11-16(15)22)18(27)25(19(28)24-20)12-17(26)23-14-7-5-3-2-4-6-8-14/h9-11,14H,2-8,12H2,1H3,(H,23,26)(H,24,28)/t20-/m0/s1. The zero-order chi connectivity index (χ0) is 20.3. The zero-order valence-electron chi connectivity index (χ0n) is 15.9. The van der Waals surface area contributed by atoms with Gasteiger partial charge in [-0.1, -0.05) is 61.4 Å². The van der Waals surface area contributed by atoms with Crippen LogP contribution in [-0.4, -0.2) is 35.3 Å². The van der Waals surface area contributed by atoms with Gasteiger partial charge in [0, 0.05) is 21.7 Å². The molecule has 0 aromatic heterocycles. The summed E-state index contributed by atoms with van der Waals surface area (Å²) in [6.07, 6.45) is 7.64. The predicted molar refractivity (Wildman–Crippen MR) is 108 cm³/mol. The number of hydrogen-bond acceptors (Lipinski definition) is 3. The van der Waals surface area contributed by atoms with Gasteiger partial charge in [-0.05, 0) is 31.9 Å². The van der Waals surface area contributed by atoms with Crippen molar-refractivity contribution in [3.05, 3.63) is 33.8 Å². The maximum Gasteiger partial charge on any atom is 0.325 e. The number of carbonyl (C=O) groups is 3. The summed E-state index contributed by atoms with van der Waals surface area (Å²) in [5.41, 5.74) is -0.890. The van der Waals surface area contributed by atoms with Gasteiger partial charge in [0.1, 0.15) is 12.1 Å². The molecular formula is C20H25Cl2N3O3. The lowest BCUT2D eigenvalue weighted by Crippen LogP contribution is -2.45. The van der Waals surface area contributed by atoms with Crippen LogP contribution in [0.3, 0.4) is 0 Å². The lowest BCUT2D eigenvalue weighted by molar-refractivity contribution is -0.135. The van der Waals surface area contributed by atoms with Crippen LogP contribution >= 0.6 is 23.2 Å². The summed E-state index contributed by atoms with van der Waals surface area (Å²) in [4.78, 5) is 38.8. The highest BCUT2D eigenvalue weighted by molar-refractivity contribution is 6.35. The number of hydrogen-bond donors (Lipinski definition) is 2. The van der Waals surface area contributed by atoms with Crippen molar-refractivity contribution in [3.8, 4) is 0 Å². The first-order valence-corrected chi connectivity index (χ1v) is 10.5. The van der Waals surface area contributed by atoms with Gasteiger partial charge in [0.05, 0.1) is 0 Å². The summed E-state index contributed by atoms with van der Waals surface area (Å²) in [6.45, 7) is 1.27. The minimum absolute atomic E-state index is 0.102. The summed E-state index contributed by atoms with van der Waals surface area (Å²) < 4.78 is 0. The molecule has 4 amide bonds. The number of imide groups is 1. The summed E-state index contributed by atoms with van der Waals surface area (Å²) in [5.74, 6) is -0.824. The zero-order valence-corrected chi connectivity index (χ0v) is 17.4. The Bertz CT molecular complexity index is 778. The van der Waals surface area contributed by atoms with Crippen molar-refractivity contribution < 1.29 is 14.4 Å². The molecule has 0 unspecified atom stereocenters. The lowest BCUT2D eigenvalue weighted by Gasteiger charge is -2.24. The van der Waals surface area contributed by atoms with E-state index in [0.717, 1.165) is 30.6 Å². The van der Waals surface area contributed by atoms with Crippen LogP contribution in [0.4, 0.5) is 4.79 Å². The largest absolute Gasteiger partial charge is 0.352 e. The van der Waals surface area contributed by atoms with Gasteiger partial charge in [0.25, 0.3) is 5.91 Å². The van der Waals surface area contributed by atoms with E-state index in [2.05, 4.69) is 10.6 Å². The third-order valence-corrected chi connectivity index (χ3v) is 6.06. The molecule has 1 aliphatic heterocycles. The number of rotatable bonds is 4. The van der Waals surface area contributed by atoms with Gasteiger partial charge in [-0.25, -0.2) is 4.79 Å². The lowest BCUT2D eigenvalue weighted by atomic mass is 9.92. The number of nitrogens with one attached hydrogen (secondary N) is 2. The molecule has 152 valence electrons. The third kappa shape index (κ3) is 4.44. The normalized spacial score (nSPS) is 23.9. The van der Waals surface area contributed by atoms with Crippen molar-refractivity contribution in [2.75, 3.05) is 6.54 Å². The van der Waals surface area contributed by atoms with Gasteiger partial charge < -0.3 is 10.6 Å². The third-order valence-electron chi connectivity index (χ3n) is 5.52. The first-order valence-electron chi connectivity index (χ1n) is 9.70. The number of nitrogens with zero attached hydrogens (tertiary/aromatic N) is 1. The maximum absolute atomic E-state index is 13.0. The highest BCUT2D eigenvalue weighted by Gasteiger charge is 2.50. The molecule has 8 heteroatoms. The molecule has 1 aromatic carbocycles. The van der Waals surface area contributed by atoms with Crippen molar-refractivity contribution in [3.63, 3.8) is 0 Å². The van der Waals surface area contributed by atoms with Crippen LogP contribution in [0.5, 0.6) is 0 Å². The summed E-state index contributed by atoms with van der Waals surface area (Å²) >= 11 is 12.2. The van der Waals surface area contributed by atoms with Gasteiger partial charge in [0.15, 0.2) is 0 Å². The highest BCUT2D eigenvalue weighted by atomic mass is 35.5. The minimum atomic E-state index is -1.33. The minimum Gasteiger partial charge on any atom is -0.352 e. The molecule has 2 N–H and O–H groups in total. The molecule has 0 spiro atoms. The van der Waals surface area contributed by atoms with E-state index in [9.17, 15) is 14.4 Å². The molecule has 3 rings (SSSR count). The van der Waals surface area contributed by atoms with Crippen LogP contribution in [0.25, 0.3) is 0 Å². The van der Waals surface area contributed by atoms with E-state index in [1.54, 1.807) is 19.1 Å². The fourth-order valence-electron chi connectivity index (χ4n) is 3.94. The van der Waals surface area contributed by atoms with E-state index in [0.29, 0.717) is 10.6 Å². The van der Waals surface area contributed by atoms with Crippen molar-refractivity contribution in [2.24, 2.45) is 0 Å². The fourth-order valence-corrected chi connectivity index (χ4v) is 4.53. The Morgan fingerprint density at radius 3 is 2.46 bits per heavy atom. The topological polar surface area (TPSA) is 78.5 Å². The maximum atomic E-state index is 13.0. The summed E-state index contributed by atoms with van der Waals surface area (Å²) in [7, 11) is 0. The molecule has 1 atom stereocenters. The Labute approximate surface area is 174 Å².